The molecule has 2 rings (SSSR count). The van der Waals surface area contributed by atoms with Crippen molar-refractivity contribution in [2.24, 2.45) is 5.92 Å². The molecule has 0 spiro atoms. The number of piperidine rings is 1. The van der Waals surface area contributed by atoms with E-state index in [2.05, 4.69) is 11.9 Å². The van der Waals surface area contributed by atoms with Crippen LogP contribution in [0.25, 0.3) is 0 Å². The molecule has 2 nitrogen and oxygen atoms in total. The molecule has 3 atom stereocenters. The van der Waals surface area contributed by atoms with E-state index in [1.165, 1.54) is 19.3 Å². The molecule has 2 heteroatoms. The van der Waals surface area contributed by atoms with Crippen LogP contribution < -0.4 is 0 Å². The fraction of sp³-hybridized carbons (Fsp3) is 1.00. The summed E-state index contributed by atoms with van der Waals surface area (Å²) in [5.74, 6) is 0.591. The van der Waals surface area contributed by atoms with E-state index in [1.807, 2.05) is 0 Å². The van der Waals surface area contributed by atoms with Crippen molar-refractivity contribution in [2.75, 3.05) is 13.6 Å². The highest BCUT2D eigenvalue weighted by Crippen LogP contribution is 2.35. The first-order valence-corrected chi connectivity index (χ1v) is 4.67. The van der Waals surface area contributed by atoms with E-state index in [0.717, 1.165) is 13.0 Å². The van der Waals surface area contributed by atoms with Gasteiger partial charge >= 0.3 is 0 Å². The van der Waals surface area contributed by atoms with Crippen LogP contribution in [0, 0.1) is 5.92 Å². The highest BCUT2D eigenvalue weighted by atomic mass is 16.3. The van der Waals surface area contributed by atoms with Crippen LogP contribution in [-0.4, -0.2) is 35.7 Å². The van der Waals surface area contributed by atoms with Crippen LogP contribution in [0.15, 0.2) is 0 Å². The van der Waals surface area contributed by atoms with Crippen molar-refractivity contribution in [1.82, 2.24) is 4.90 Å². The van der Waals surface area contributed by atoms with Gasteiger partial charge in [0.2, 0.25) is 0 Å². The molecule has 11 heavy (non-hydrogen) atoms. The summed E-state index contributed by atoms with van der Waals surface area (Å²) in [5, 5.41) is 9.67. The topological polar surface area (TPSA) is 23.5 Å². The number of fused-ring (bicyclic) bond motifs is 1. The van der Waals surface area contributed by atoms with Crippen molar-refractivity contribution in [2.45, 2.75) is 37.8 Å². The van der Waals surface area contributed by atoms with E-state index in [0.29, 0.717) is 12.0 Å². The zero-order chi connectivity index (χ0) is 7.84. The van der Waals surface area contributed by atoms with E-state index in [4.69, 9.17) is 0 Å². The third kappa shape index (κ3) is 1.18. The van der Waals surface area contributed by atoms with Gasteiger partial charge in [0.05, 0.1) is 6.10 Å². The van der Waals surface area contributed by atoms with Gasteiger partial charge in [0.25, 0.3) is 0 Å². The summed E-state index contributed by atoms with van der Waals surface area (Å²) in [5.41, 5.74) is 0. The molecule has 1 aliphatic carbocycles. The van der Waals surface area contributed by atoms with Crippen molar-refractivity contribution < 1.29 is 5.11 Å². The summed E-state index contributed by atoms with van der Waals surface area (Å²) in [7, 11) is 2.19. The normalized spacial score (nSPS) is 45.8. The molecular formula is C9H17NO. The number of aliphatic hydroxyl groups is 1. The van der Waals surface area contributed by atoms with E-state index >= 15 is 0 Å². The van der Waals surface area contributed by atoms with Crippen molar-refractivity contribution in [1.29, 1.82) is 0 Å². The molecule has 1 saturated heterocycles. The van der Waals surface area contributed by atoms with Crippen LogP contribution >= 0.6 is 0 Å². The number of likely N-dealkylation sites (tertiary alicyclic amines) is 1. The second-order valence-electron chi connectivity index (χ2n) is 4.00. The molecule has 1 aliphatic heterocycles. The minimum absolute atomic E-state index is 0.00120. The Labute approximate surface area is 68.2 Å². The van der Waals surface area contributed by atoms with Crippen molar-refractivity contribution in [3.8, 4) is 0 Å². The largest absolute Gasteiger partial charge is 0.393 e. The molecule has 0 aromatic carbocycles. The Hall–Kier alpha value is -0.0800. The summed E-state index contributed by atoms with van der Waals surface area (Å²) in [6, 6.07) is 0.693. The second-order valence-corrected chi connectivity index (χ2v) is 4.00. The molecule has 1 saturated carbocycles. The average Bonchev–Trinajstić information content (AvgIpc) is 2.45. The third-order valence-corrected chi connectivity index (χ3v) is 3.37. The standard InChI is InChI=1S/C9H17NO/c1-10-6-5-9(11)7-3-2-4-8(7)10/h7-9,11H,2-6H2,1H3/t7-,8+,9-/m0/s1. The Bertz CT molecular complexity index is 132. The summed E-state index contributed by atoms with van der Waals surface area (Å²) in [6.45, 7) is 1.09. The van der Waals surface area contributed by atoms with E-state index < -0.39 is 0 Å². The maximum atomic E-state index is 9.67. The molecule has 64 valence electrons. The van der Waals surface area contributed by atoms with Crippen LogP contribution in [-0.2, 0) is 0 Å². The number of rotatable bonds is 0. The summed E-state index contributed by atoms with van der Waals surface area (Å²) >= 11 is 0. The van der Waals surface area contributed by atoms with Gasteiger partial charge in [-0.25, -0.2) is 0 Å². The van der Waals surface area contributed by atoms with Gasteiger partial charge in [-0.2, -0.15) is 0 Å². The van der Waals surface area contributed by atoms with Crippen molar-refractivity contribution >= 4 is 0 Å². The molecule has 0 aromatic rings. The van der Waals surface area contributed by atoms with Gasteiger partial charge < -0.3 is 10.0 Å². The lowest BCUT2D eigenvalue weighted by atomic mass is 9.90. The summed E-state index contributed by atoms with van der Waals surface area (Å²) in [4.78, 5) is 2.42. The molecule has 2 fully saturated rings. The second kappa shape index (κ2) is 2.76. The lowest BCUT2D eigenvalue weighted by molar-refractivity contribution is 0.00996. The van der Waals surface area contributed by atoms with Crippen LogP contribution in [0.1, 0.15) is 25.7 Å². The first-order chi connectivity index (χ1) is 5.29. The Morgan fingerprint density at radius 3 is 2.82 bits per heavy atom. The van der Waals surface area contributed by atoms with E-state index in [-0.39, 0.29) is 6.10 Å². The highest BCUT2D eigenvalue weighted by molar-refractivity contribution is 4.92. The van der Waals surface area contributed by atoms with Crippen LogP contribution in [0.5, 0.6) is 0 Å². The van der Waals surface area contributed by atoms with Crippen LogP contribution in [0.2, 0.25) is 0 Å². The third-order valence-electron chi connectivity index (χ3n) is 3.37. The number of hydrogen-bond donors (Lipinski definition) is 1. The van der Waals surface area contributed by atoms with Gasteiger partial charge in [-0.1, -0.05) is 6.42 Å². The Kier molecular flexibility index (Phi) is 1.90. The molecule has 1 heterocycles. The monoisotopic (exact) mass is 155 g/mol. The fourth-order valence-electron chi connectivity index (χ4n) is 2.68. The summed E-state index contributed by atoms with van der Waals surface area (Å²) < 4.78 is 0. The summed E-state index contributed by atoms with van der Waals surface area (Å²) in [6.07, 6.45) is 4.85. The smallest absolute Gasteiger partial charge is 0.0595 e. The number of hydrogen-bond acceptors (Lipinski definition) is 2. The number of aliphatic hydroxyl groups excluding tert-OH is 1. The SMILES string of the molecule is CN1CC[C@H](O)[C@H]2CCC[C@H]21. The molecule has 0 aromatic heterocycles. The zero-order valence-corrected chi connectivity index (χ0v) is 7.16. The molecule has 0 bridgehead atoms. The van der Waals surface area contributed by atoms with Gasteiger partial charge in [-0.15, -0.1) is 0 Å². The lowest BCUT2D eigenvalue weighted by Gasteiger charge is -2.38. The quantitative estimate of drug-likeness (QED) is 0.560. The Balaban J connectivity index is 2.08. The molecule has 0 radical (unpaired) electrons. The van der Waals surface area contributed by atoms with Crippen molar-refractivity contribution in [3.63, 3.8) is 0 Å². The van der Waals surface area contributed by atoms with Gasteiger partial charge in [0.15, 0.2) is 0 Å². The fourth-order valence-corrected chi connectivity index (χ4v) is 2.68. The van der Waals surface area contributed by atoms with Crippen LogP contribution in [0.4, 0.5) is 0 Å². The minimum atomic E-state index is -0.00120. The predicted octanol–water partition coefficient (Wildman–Crippen LogP) is 0.851. The van der Waals surface area contributed by atoms with E-state index in [1.54, 1.807) is 0 Å². The van der Waals surface area contributed by atoms with Gasteiger partial charge in [-0.3, -0.25) is 0 Å². The van der Waals surface area contributed by atoms with Gasteiger partial charge in [0, 0.05) is 18.5 Å². The lowest BCUT2D eigenvalue weighted by Crippen LogP contribution is -2.46. The molecule has 1 N–H and O–H groups in total. The van der Waals surface area contributed by atoms with E-state index in [9.17, 15) is 5.11 Å². The Morgan fingerprint density at radius 2 is 2.09 bits per heavy atom. The average molecular weight is 155 g/mol. The Morgan fingerprint density at radius 1 is 1.27 bits per heavy atom. The number of nitrogens with zero attached hydrogens (tertiary/aromatic N) is 1. The maximum absolute atomic E-state index is 9.67. The molecule has 2 aliphatic rings. The first-order valence-electron chi connectivity index (χ1n) is 4.67. The first kappa shape index (κ1) is 7.56. The molecule has 0 amide bonds. The predicted molar refractivity (Wildman–Crippen MR) is 44.4 cm³/mol. The van der Waals surface area contributed by atoms with Crippen molar-refractivity contribution in [3.05, 3.63) is 0 Å². The maximum Gasteiger partial charge on any atom is 0.0595 e. The van der Waals surface area contributed by atoms with Crippen LogP contribution in [0.3, 0.4) is 0 Å². The zero-order valence-electron chi connectivity index (χ0n) is 7.16. The van der Waals surface area contributed by atoms with Gasteiger partial charge in [0.1, 0.15) is 0 Å². The minimum Gasteiger partial charge on any atom is -0.393 e. The van der Waals surface area contributed by atoms with Gasteiger partial charge in [-0.05, 0) is 26.3 Å². The molecule has 0 unspecified atom stereocenters. The highest BCUT2D eigenvalue weighted by Gasteiger charge is 2.38. The molecular weight excluding hydrogens is 138 g/mol.